The molecule has 0 radical (unpaired) electrons. The standard InChI is InChI=1S/C23H21F3N6OS/c24-23(25,26)17-5-3-6-18(15-17)32-20(29-8-1-2-9-29)19(16-28-32)21(33)30-10-4-11-31(13-12-30)22-27-7-14-34-22/h1-3,5-9,14-16H,4,10-13H2. The van der Waals surface area contributed by atoms with Crippen molar-refractivity contribution in [3.8, 4) is 11.5 Å². The zero-order valence-corrected chi connectivity index (χ0v) is 18.8. The Balaban J connectivity index is 1.48. The van der Waals surface area contributed by atoms with Crippen LogP contribution in [0, 0.1) is 0 Å². The van der Waals surface area contributed by atoms with E-state index < -0.39 is 11.7 Å². The highest BCUT2D eigenvalue weighted by atomic mass is 32.1. The molecule has 0 N–H and O–H groups in total. The largest absolute Gasteiger partial charge is 0.416 e. The molecule has 11 heteroatoms. The van der Waals surface area contributed by atoms with Gasteiger partial charge in [0.1, 0.15) is 5.56 Å². The summed E-state index contributed by atoms with van der Waals surface area (Å²) in [5.41, 5.74) is -0.221. The van der Waals surface area contributed by atoms with Gasteiger partial charge in [-0.2, -0.15) is 18.3 Å². The van der Waals surface area contributed by atoms with Gasteiger partial charge in [-0.15, -0.1) is 11.3 Å². The van der Waals surface area contributed by atoms with Gasteiger partial charge in [0.2, 0.25) is 0 Å². The van der Waals surface area contributed by atoms with E-state index in [-0.39, 0.29) is 11.6 Å². The summed E-state index contributed by atoms with van der Waals surface area (Å²) in [6, 6.07) is 8.50. The van der Waals surface area contributed by atoms with E-state index in [1.54, 1.807) is 57.6 Å². The van der Waals surface area contributed by atoms with Gasteiger partial charge in [-0.1, -0.05) is 6.07 Å². The Morgan fingerprint density at radius 1 is 1.03 bits per heavy atom. The summed E-state index contributed by atoms with van der Waals surface area (Å²) in [5.74, 6) is 0.193. The molecule has 4 heterocycles. The van der Waals surface area contributed by atoms with Crippen LogP contribution in [0.15, 0.2) is 66.6 Å². The molecule has 5 rings (SSSR count). The van der Waals surface area contributed by atoms with Crippen LogP contribution in [0.2, 0.25) is 0 Å². The summed E-state index contributed by atoms with van der Waals surface area (Å²) in [4.78, 5) is 21.9. The fourth-order valence-electron chi connectivity index (χ4n) is 4.07. The molecular weight excluding hydrogens is 465 g/mol. The molecule has 7 nitrogen and oxygen atoms in total. The Kier molecular flexibility index (Phi) is 5.86. The van der Waals surface area contributed by atoms with Crippen molar-refractivity contribution in [3.63, 3.8) is 0 Å². The maximum Gasteiger partial charge on any atom is 0.416 e. The number of nitrogens with zero attached hydrogens (tertiary/aromatic N) is 6. The third-order valence-corrected chi connectivity index (χ3v) is 6.55. The topological polar surface area (TPSA) is 59.2 Å². The van der Waals surface area contributed by atoms with Gasteiger partial charge in [0.25, 0.3) is 5.91 Å². The molecule has 176 valence electrons. The summed E-state index contributed by atoms with van der Waals surface area (Å²) in [6.45, 7) is 2.53. The minimum absolute atomic E-state index is 0.206. The van der Waals surface area contributed by atoms with Gasteiger partial charge in [0, 0.05) is 50.1 Å². The van der Waals surface area contributed by atoms with Crippen molar-refractivity contribution in [1.82, 2.24) is 24.2 Å². The molecule has 3 aromatic heterocycles. The number of amides is 1. The van der Waals surface area contributed by atoms with Crippen molar-refractivity contribution in [3.05, 3.63) is 77.7 Å². The lowest BCUT2D eigenvalue weighted by Gasteiger charge is -2.22. The molecule has 1 saturated heterocycles. The fourth-order valence-corrected chi connectivity index (χ4v) is 4.77. The Labute approximate surface area is 197 Å². The number of anilines is 1. The van der Waals surface area contributed by atoms with Crippen molar-refractivity contribution in [2.24, 2.45) is 0 Å². The number of hydrogen-bond donors (Lipinski definition) is 0. The lowest BCUT2D eigenvalue weighted by Crippen LogP contribution is -2.35. The zero-order valence-electron chi connectivity index (χ0n) is 18.0. The quantitative estimate of drug-likeness (QED) is 0.427. The number of halogens is 3. The average Bonchev–Trinajstić information content (AvgIpc) is 3.58. The highest BCUT2D eigenvalue weighted by Gasteiger charge is 2.31. The Morgan fingerprint density at radius 2 is 1.85 bits per heavy atom. The summed E-state index contributed by atoms with van der Waals surface area (Å²) in [6.07, 6.45) is 2.98. The van der Waals surface area contributed by atoms with E-state index in [2.05, 4.69) is 15.0 Å². The van der Waals surface area contributed by atoms with Gasteiger partial charge < -0.3 is 14.4 Å². The van der Waals surface area contributed by atoms with Crippen molar-refractivity contribution < 1.29 is 18.0 Å². The minimum Gasteiger partial charge on any atom is -0.346 e. The molecular formula is C23H21F3N6OS. The van der Waals surface area contributed by atoms with Gasteiger partial charge in [-0.25, -0.2) is 9.67 Å². The summed E-state index contributed by atoms with van der Waals surface area (Å²) < 4.78 is 43.0. The van der Waals surface area contributed by atoms with Crippen LogP contribution in [-0.4, -0.2) is 56.3 Å². The van der Waals surface area contributed by atoms with Crippen molar-refractivity contribution >= 4 is 22.4 Å². The van der Waals surface area contributed by atoms with Crippen LogP contribution >= 0.6 is 11.3 Å². The molecule has 0 saturated carbocycles. The number of hydrogen-bond acceptors (Lipinski definition) is 5. The first-order valence-corrected chi connectivity index (χ1v) is 11.6. The van der Waals surface area contributed by atoms with E-state index in [1.807, 2.05) is 5.38 Å². The minimum atomic E-state index is -4.48. The molecule has 1 aliphatic heterocycles. The van der Waals surface area contributed by atoms with Crippen LogP contribution in [-0.2, 0) is 6.18 Å². The maximum atomic E-state index is 13.6. The Hall–Kier alpha value is -3.60. The number of carbonyl (C=O) groups is 1. The van der Waals surface area contributed by atoms with Crippen LogP contribution in [0.4, 0.5) is 18.3 Å². The second kappa shape index (κ2) is 8.98. The van der Waals surface area contributed by atoms with Gasteiger partial charge >= 0.3 is 6.18 Å². The molecule has 34 heavy (non-hydrogen) atoms. The normalized spacial score (nSPS) is 14.9. The molecule has 1 aromatic carbocycles. The van der Waals surface area contributed by atoms with E-state index in [0.717, 1.165) is 30.2 Å². The first-order chi connectivity index (χ1) is 16.4. The number of benzene rings is 1. The number of aromatic nitrogens is 4. The van der Waals surface area contributed by atoms with Crippen LogP contribution in [0.3, 0.4) is 0 Å². The molecule has 1 fully saturated rings. The van der Waals surface area contributed by atoms with Crippen LogP contribution in [0.1, 0.15) is 22.3 Å². The predicted octanol–water partition coefficient (Wildman–Crippen LogP) is 4.49. The summed E-state index contributed by atoms with van der Waals surface area (Å²) >= 11 is 1.56. The smallest absolute Gasteiger partial charge is 0.346 e. The number of alkyl halides is 3. The van der Waals surface area contributed by atoms with E-state index >= 15 is 0 Å². The lowest BCUT2D eigenvalue weighted by molar-refractivity contribution is -0.137. The SMILES string of the molecule is O=C(c1cnn(-c2cccc(C(F)(F)F)c2)c1-n1cccc1)N1CCCN(c2nccs2)CC1. The zero-order chi connectivity index (χ0) is 23.7. The monoisotopic (exact) mass is 486 g/mol. The lowest BCUT2D eigenvalue weighted by atomic mass is 10.2. The first kappa shape index (κ1) is 22.2. The summed E-state index contributed by atoms with van der Waals surface area (Å²) in [5, 5.41) is 7.18. The van der Waals surface area contributed by atoms with Crippen LogP contribution in [0.5, 0.6) is 0 Å². The van der Waals surface area contributed by atoms with Crippen LogP contribution < -0.4 is 4.90 Å². The highest BCUT2D eigenvalue weighted by molar-refractivity contribution is 7.13. The van der Waals surface area contributed by atoms with Crippen molar-refractivity contribution in [2.75, 3.05) is 31.1 Å². The fraction of sp³-hybridized carbons (Fsp3) is 0.261. The molecule has 4 aromatic rings. The van der Waals surface area contributed by atoms with Gasteiger partial charge in [0.05, 0.1) is 17.4 Å². The van der Waals surface area contributed by atoms with Crippen LogP contribution in [0.25, 0.3) is 11.5 Å². The molecule has 0 atom stereocenters. The summed E-state index contributed by atoms with van der Waals surface area (Å²) in [7, 11) is 0. The average molecular weight is 487 g/mol. The van der Waals surface area contributed by atoms with E-state index in [9.17, 15) is 18.0 Å². The number of thiazole rings is 1. The van der Waals surface area contributed by atoms with E-state index in [4.69, 9.17) is 0 Å². The molecule has 1 aliphatic rings. The number of rotatable bonds is 4. The number of carbonyl (C=O) groups excluding carboxylic acids is 1. The third-order valence-electron chi connectivity index (χ3n) is 5.71. The van der Waals surface area contributed by atoms with Crippen molar-refractivity contribution in [1.29, 1.82) is 0 Å². The predicted molar refractivity (Wildman–Crippen MR) is 123 cm³/mol. The second-order valence-corrected chi connectivity index (χ2v) is 8.75. The molecule has 1 amide bonds. The van der Waals surface area contributed by atoms with Gasteiger partial charge in [0.15, 0.2) is 10.9 Å². The maximum absolute atomic E-state index is 13.6. The molecule has 0 bridgehead atoms. The van der Waals surface area contributed by atoms with Crippen molar-refractivity contribution in [2.45, 2.75) is 12.6 Å². The molecule has 0 spiro atoms. The third kappa shape index (κ3) is 4.30. The highest BCUT2D eigenvalue weighted by Crippen LogP contribution is 2.31. The second-order valence-electron chi connectivity index (χ2n) is 7.88. The Bertz CT molecular complexity index is 1270. The van der Waals surface area contributed by atoms with Gasteiger partial charge in [-0.3, -0.25) is 4.79 Å². The first-order valence-electron chi connectivity index (χ1n) is 10.7. The Morgan fingerprint density at radius 3 is 2.59 bits per heavy atom. The molecule has 0 unspecified atom stereocenters. The van der Waals surface area contributed by atoms with E-state index in [1.165, 1.54) is 16.9 Å². The van der Waals surface area contributed by atoms with Gasteiger partial charge in [-0.05, 0) is 36.8 Å². The molecule has 0 aliphatic carbocycles. The van der Waals surface area contributed by atoms with E-state index in [0.29, 0.717) is 31.0 Å².